The monoisotopic (exact) mass is 499 g/mol. The van der Waals surface area contributed by atoms with E-state index in [-0.39, 0.29) is 41.3 Å². The Kier molecular flexibility index (Phi) is 10.0. The van der Waals surface area contributed by atoms with Crippen molar-refractivity contribution in [3.8, 4) is 0 Å². The smallest absolute Gasteiger partial charge is 0.274 e. The molecule has 4 N–H and O–H groups in total. The van der Waals surface area contributed by atoms with Crippen LogP contribution in [0.2, 0.25) is 0 Å². The SMILES string of the molecule is CCCCS(=O)(=O)N[C@H]1CCCCNC(=O)[C@@H](C)NC(=O)c2nc(oc2C)[C@H](C(C)C)NC1=O. The number of unbranched alkanes of at least 4 members (excludes halogenated alkanes) is 1. The zero-order valence-corrected chi connectivity index (χ0v) is 21.4. The van der Waals surface area contributed by atoms with Gasteiger partial charge in [-0.15, -0.1) is 0 Å². The summed E-state index contributed by atoms with van der Waals surface area (Å²) in [5, 5.41) is 8.21. The van der Waals surface area contributed by atoms with Crippen LogP contribution in [0.4, 0.5) is 0 Å². The normalized spacial score (nSPS) is 23.4. The van der Waals surface area contributed by atoms with Gasteiger partial charge in [0.1, 0.15) is 23.9 Å². The Morgan fingerprint density at radius 1 is 1.15 bits per heavy atom. The average Bonchev–Trinajstić information content (AvgIpc) is 3.14. The molecule has 1 aliphatic heterocycles. The fourth-order valence-corrected chi connectivity index (χ4v) is 5.00. The van der Waals surface area contributed by atoms with Crippen LogP contribution in [0.3, 0.4) is 0 Å². The van der Waals surface area contributed by atoms with E-state index in [1.54, 1.807) is 13.8 Å². The van der Waals surface area contributed by atoms with Gasteiger partial charge in [0.2, 0.25) is 27.7 Å². The minimum atomic E-state index is -3.65. The van der Waals surface area contributed by atoms with Crippen LogP contribution in [0.1, 0.15) is 88.0 Å². The second-order valence-electron chi connectivity index (χ2n) is 9.01. The predicted octanol–water partition coefficient (Wildman–Crippen LogP) is 1.30. The molecule has 11 nitrogen and oxygen atoms in total. The molecule has 0 saturated carbocycles. The van der Waals surface area contributed by atoms with Gasteiger partial charge < -0.3 is 20.4 Å². The summed E-state index contributed by atoms with van der Waals surface area (Å²) in [5.74, 6) is -1.23. The number of sulfonamides is 1. The number of carbonyl (C=O) groups excluding carboxylic acids is 3. The van der Waals surface area contributed by atoms with E-state index in [1.165, 1.54) is 0 Å². The van der Waals surface area contributed by atoms with Crippen molar-refractivity contribution in [3.05, 3.63) is 17.3 Å². The number of nitrogens with one attached hydrogen (secondary N) is 4. The van der Waals surface area contributed by atoms with Crippen molar-refractivity contribution in [2.24, 2.45) is 5.92 Å². The molecule has 1 aliphatic rings. The second kappa shape index (κ2) is 12.3. The third kappa shape index (κ3) is 7.79. The van der Waals surface area contributed by atoms with Gasteiger partial charge in [-0.2, -0.15) is 0 Å². The van der Waals surface area contributed by atoms with E-state index in [1.807, 2.05) is 20.8 Å². The first-order valence-corrected chi connectivity index (χ1v) is 13.5. The molecule has 3 amide bonds. The number of amides is 3. The zero-order chi connectivity index (χ0) is 25.5. The lowest BCUT2D eigenvalue weighted by Gasteiger charge is -2.24. The lowest BCUT2D eigenvalue weighted by atomic mass is 10.0. The molecule has 0 fully saturated rings. The Bertz CT molecular complexity index is 974. The number of hydrogen-bond acceptors (Lipinski definition) is 7. The van der Waals surface area contributed by atoms with Gasteiger partial charge in [0, 0.05) is 6.54 Å². The molecule has 0 spiro atoms. The van der Waals surface area contributed by atoms with Crippen molar-refractivity contribution < 1.29 is 27.2 Å². The fraction of sp³-hybridized carbons (Fsp3) is 0.727. The molecule has 2 rings (SSSR count). The molecule has 0 unspecified atom stereocenters. The molecule has 0 radical (unpaired) electrons. The van der Waals surface area contributed by atoms with Crippen molar-refractivity contribution in [1.82, 2.24) is 25.7 Å². The highest BCUT2D eigenvalue weighted by atomic mass is 32.2. The maximum atomic E-state index is 13.2. The quantitative estimate of drug-likeness (QED) is 0.459. The van der Waals surface area contributed by atoms with Crippen LogP contribution in [0.25, 0.3) is 0 Å². The van der Waals surface area contributed by atoms with Gasteiger partial charge in [-0.1, -0.05) is 27.2 Å². The van der Waals surface area contributed by atoms with Crippen molar-refractivity contribution >= 4 is 27.7 Å². The van der Waals surface area contributed by atoms with E-state index >= 15 is 0 Å². The van der Waals surface area contributed by atoms with Crippen molar-refractivity contribution in [1.29, 1.82) is 0 Å². The van der Waals surface area contributed by atoms with Crippen LogP contribution in [-0.4, -0.2) is 55.5 Å². The van der Waals surface area contributed by atoms with Crippen LogP contribution in [0.5, 0.6) is 0 Å². The maximum absolute atomic E-state index is 13.2. The van der Waals surface area contributed by atoms with Crippen molar-refractivity contribution in [3.63, 3.8) is 0 Å². The van der Waals surface area contributed by atoms with Gasteiger partial charge in [0.05, 0.1) is 5.75 Å². The fourth-order valence-electron chi connectivity index (χ4n) is 3.55. The minimum absolute atomic E-state index is 0.0264. The number of hydrogen-bond donors (Lipinski definition) is 4. The number of fused-ring (bicyclic) bond motifs is 2. The van der Waals surface area contributed by atoms with E-state index in [0.29, 0.717) is 32.2 Å². The van der Waals surface area contributed by atoms with Gasteiger partial charge in [0.15, 0.2) is 5.69 Å². The topological polar surface area (TPSA) is 160 Å². The van der Waals surface area contributed by atoms with Crippen molar-refractivity contribution in [2.75, 3.05) is 12.3 Å². The molecule has 34 heavy (non-hydrogen) atoms. The summed E-state index contributed by atoms with van der Waals surface area (Å²) in [6.45, 7) is 9.09. The van der Waals surface area contributed by atoms with E-state index in [4.69, 9.17) is 4.42 Å². The van der Waals surface area contributed by atoms with Gasteiger partial charge in [-0.25, -0.2) is 18.1 Å². The van der Waals surface area contributed by atoms with Crippen molar-refractivity contribution in [2.45, 2.75) is 84.8 Å². The standard InChI is InChI=1S/C22H37N5O6S/c1-6-7-12-34(31,32)27-16-10-8-9-11-23-19(28)14(4)24-21(30)18-15(5)33-22(26-18)17(13(2)3)25-20(16)29/h13-14,16-17,27H,6-12H2,1-5H3,(H,23,28)(H,24,30)(H,25,29)/t14-,16+,17+/m1/s1. The molecule has 1 aromatic rings. The minimum Gasteiger partial charge on any atom is -0.443 e. The van der Waals surface area contributed by atoms with E-state index < -0.39 is 40.0 Å². The molecule has 12 heteroatoms. The molecule has 1 aromatic heterocycles. The number of rotatable bonds is 6. The number of oxazole rings is 1. The molecule has 0 saturated heterocycles. The molecule has 0 aliphatic carbocycles. The van der Waals surface area contributed by atoms with Gasteiger partial charge in [0.25, 0.3) is 5.91 Å². The van der Waals surface area contributed by atoms with Gasteiger partial charge in [-0.05, 0) is 45.4 Å². The lowest BCUT2D eigenvalue weighted by molar-refractivity contribution is -0.124. The number of aromatic nitrogens is 1. The summed E-state index contributed by atoms with van der Waals surface area (Å²) >= 11 is 0. The van der Waals surface area contributed by atoms with E-state index in [2.05, 4.69) is 25.7 Å². The summed E-state index contributed by atoms with van der Waals surface area (Å²) in [4.78, 5) is 42.5. The largest absolute Gasteiger partial charge is 0.443 e. The predicted molar refractivity (Wildman–Crippen MR) is 126 cm³/mol. The summed E-state index contributed by atoms with van der Waals surface area (Å²) in [5.41, 5.74) is 0.0264. The number of nitrogens with zero attached hydrogens (tertiary/aromatic N) is 1. The third-order valence-electron chi connectivity index (χ3n) is 5.62. The molecule has 2 heterocycles. The van der Waals surface area contributed by atoms with Gasteiger partial charge in [-0.3, -0.25) is 14.4 Å². The Hall–Kier alpha value is -2.47. The zero-order valence-electron chi connectivity index (χ0n) is 20.6. The molecule has 2 bridgehead atoms. The summed E-state index contributed by atoms with van der Waals surface area (Å²) in [6.07, 6.45) is 2.51. The molecule has 3 atom stereocenters. The summed E-state index contributed by atoms with van der Waals surface area (Å²) < 4.78 is 33.3. The first-order valence-electron chi connectivity index (χ1n) is 11.8. The van der Waals surface area contributed by atoms with Crippen LogP contribution in [-0.2, 0) is 19.6 Å². The maximum Gasteiger partial charge on any atom is 0.274 e. The second-order valence-corrected chi connectivity index (χ2v) is 10.9. The Balaban J connectivity index is 2.37. The molecular formula is C22H37N5O6S. The van der Waals surface area contributed by atoms with E-state index in [0.717, 1.165) is 0 Å². The summed E-state index contributed by atoms with van der Waals surface area (Å²) in [7, 11) is -3.65. The molecule has 192 valence electrons. The molecular weight excluding hydrogens is 462 g/mol. The Labute approximate surface area is 201 Å². The van der Waals surface area contributed by atoms with Gasteiger partial charge >= 0.3 is 0 Å². The number of carbonyl (C=O) groups is 3. The lowest BCUT2D eigenvalue weighted by Crippen LogP contribution is -2.49. The first-order chi connectivity index (χ1) is 15.9. The van der Waals surface area contributed by atoms with E-state index in [9.17, 15) is 22.8 Å². The van der Waals surface area contributed by atoms with Crippen LogP contribution < -0.4 is 20.7 Å². The summed E-state index contributed by atoms with van der Waals surface area (Å²) in [6, 6.07) is -2.44. The van der Waals surface area contributed by atoms with Crippen LogP contribution >= 0.6 is 0 Å². The molecule has 0 aromatic carbocycles. The Morgan fingerprint density at radius 3 is 2.50 bits per heavy atom. The highest BCUT2D eigenvalue weighted by molar-refractivity contribution is 7.89. The van der Waals surface area contributed by atoms with Crippen LogP contribution in [0.15, 0.2) is 4.42 Å². The average molecular weight is 500 g/mol. The van der Waals surface area contributed by atoms with Crippen LogP contribution in [0, 0.1) is 12.8 Å². The highest BCUT2D eigenvalue weighted by Crippen LogP contribution is 2.24. The highest BCUT2D eigenvalue weighted by Gasteiger charge is 2.31. The number of aryl methyl sites for hydroxylation is 1. The Morgan fingerprint density at radius 2 is 1.85 bits per heavy atom. The third-order valence-corrected chi connectivity index (χ3v) is 7.09. The first kappa shape index (κ1) is 27.8.